The van der Waals surface area contributed by atoms with Gasteiger partial charge in [-0.1, -0.05) is 52.1 Å². The average molecular weight is 616 g/mol. The Kier molecular flexibility index (Phi) is 9.32. The van der Waals surface area contributed by atoms with Gasteiger partial charge in [-0.05, 0) is 110 Å². The van der Waals surface area contributed by atoms with E-state index in [0.717, 1.165) is 85.0 Å². The SMILES string of the molecule is C=C(CC)NCC(=C)N(Cc1ncc(-c2ccc3c(c2)CCc2cc4c(ccc5[nH]c(CN(C)CCC)nc54)cc2-3)[nH]1)[C@@H](C)CC. The van der Waals surface area contributed by atoms with E-state index in [2.05, 4.69) is 115 Å². The maximum Gasteiger partial charge on any atom is 0.126 e. The Morgan fingerprint density at radius 3 is 2.52 bits per heavy atom. The second-order valence-electron chi connectivity index (χ2n) is 13.0. The monoisotopic (exact) mass is 615 g/mol. The van der Waals surface area contributed by atoms with Gasteiger partial charge in [-0.2, -0.15) is 0 Å². The number of aromatic amines is 2. The molecule has 0 spiro atoms. The second-order valence-corrected chi connectivity index (χ2v) is 13.0. The van der Waals surface area contributed by atoms with E-state index in [1.165, 1.54) is 38.6 Å². The quantitative estimate of drug-likeness (QED) is 0.117. The zero-order chi connectivity index (χ0) is 32.4. The van der Waals surface area contributed by atoms with E-state index >= 15 is 0 Å². The predicted molar refractivity (Wildman–Crippen MR) is 193 cm³/mol. The second kappa shape index (κ2) is 13.6. The number of H-pyrrole nitrogens is 2. The molecular weight excluding hydrogens is 566 g/mol. The van der Waals surface area contributed by atoms with Gasteiger partial charge in [-0.15, -0.1) is 0 Å². The van der Waals surface area contributed by atoms with Crippen LogP contribution in [0.25, 0.3) is 44.2 Å². The first-order valence-corrected chi connectivity index (χ1v) is 16.9. The van der Waals surface area contributed by atoms with Crippen molar-refractivity contribution in [2.75, 3.05) is 20.1 Å². The van der Waals surface area contributed by atoms with E-state index in [9.17, 15) is 0 Å². The summed E-state index contributed by atoms with van der Waals surface area (Å²) in [6.07, 6.45) is 7.09. The maximum absolute atomic E-state index is 5.04. The van der Waals surface area contributed by atoms with Gasteiger partial charge in [0.2, 0.25) is 0 Å². The third-order valence-electron chi connectivity index (χ3n) is 9.58. The third-order valence-corrected chi connectivity index (χ3v) is 9.58. The minimum absolute atomic E-state index is 0.358. The summed E-state index contributed by atoms with van der Waals surface area (Å²) in [5.41, 5.74) is 12.0. The molecule has 0 saturated heterocycles. The van der Waals surface area contributed by atoms with Crippen LogP contribution in [0.1, 0.15) is 69.7 Å². The molecule has 0 saturated carbocycles. The fraction of sp³-hybridized carbons (Fsp3) is 0.385. The number of nitrogens with zero attached hydrogens (tertiary/aromatic N) is 4. The summed E-state index contributed by atoms with van der Waals surface area (Å²) in [6.45, 7) is 20.5. The summed E-state index contributed by atoms with van der Waals surface area (Å²) in [4.78, 5) is 21.7. The summed E-state index contributed by atoms with van der Waals surface area (Å²) >= 11 is 0. The van der Waals surface area contributed by atoms with Crippen LogP contribution in [-0.2, 0) is 25.9 Å². The lowest BCUT2D eigenvalue weighted by Crippen LogP contribution is -2.35. The van der Waals surface area contributed by atoms with Crippen molar-refractivity contribution in [2.45, 2.75) is 78.9 Å². The van der Waals surface area contributed by atoms with Gasteiger partial charge in [0, 0.05) is 22.8 Å². The van der Waals surface area contributed by atoms with Crippen LogP contribution >= 0.6 is 0 Å². The van der Waals surface area contributed by atoms with Gasteiger partial charge in [0.05, 0.1) is 42.6 Å². The smallest absolute Gasteiger partial charge is 0.126 e. The fourth-order valence-corrected chi connectivity index (χ4v) is 6.69. The van der Waals surface area contributed by atoms with Crippen LogP contribution in [-0.4, -0.2) is 55.9 Å². The van der Waals surface area contributed by atoms with E-state index in [0.29, 0.717) is 19.1 Å². The molecule has 2 heterocycles. The van der Waals surface area contributed by atoms with Gasteiger partial charge in [0.1, 0.15) is 11.6 Å². The summed E-state index contributed by atoms with van der Waals surface area (Å²) in [7, 11) is 2.16. The van der Waals surface area contributed by atoms with Crippen LogP contribution < -0.4 is 5.32 Å². The molecule has 5 aromatic rings. The first-order chi connectivity index (χ1) is 22.3. The minimum atomic E-state index is 0.358. The van der Waals surface area contributed by atoms with Crippen LogP contribution in [0.15, 0.2) is 73.2 Å². The Balaban J connectivity index is 1.23. The van der Waals surface area contributed by atoms with Gasteiger partial charge in [-0.25, -0.2) is 9.97 Å². The molecule has 0 fully saturated rings. The van der Waals surface area contributed by atoms with Crippen LogP contribution in [0.5, 0.6) is 0 Å². The molecule has 1 aliphatic rings. The first kappa shape index (κ1) is 31.6. The average Bonchev–Trinajstić information content (AvgIpc) is 3.71. The topological polar surface area (TPSA) is 75.9 Å². The first-order valence-electron chi connectivity index (χ1n) is 16.9. The van der Waals surface area contributed by atoms with Crippen LogP contribution in [0.2, 0.25) is 0 Å². The fourth-order valence-electron chi connectivity index (χ4n) is 6.69. The number of benzene rings is 3. The largest absolute Gasteiger partial charge is 0.383 e. The molecule has 3 aromatic carbocycles. The molecular formula is C39H49N7. The van der Waals surface area contributed by atoms with E-state index < -0.39 is 0 Å². The lowest BCUT2D eigenvalue weighted by Gasteiger charge is -2.32. The van der Waals surface area contributed by atoms with Crippen LogP contribution in [0.4, 0.5) is 0 Å². The van der Waals surface area contributed by atoms with Crippen molar-refractivity contribution < 1.29 is 0 Å². The van der Waals surface area contributed by atoms with Crippen molar-refractivity contribution >= 4 is 21.8 Å². The summed E-state index contributed by atoms with van der Waals surface area (Å²) < 4.78 is 0. The number of aromatic nitrogens is 4. The van der Waals surface area contributed by atoms with Crippen molar-refractivity contribution in [1.29, 1.82) is 0 Å². The number of hydrogen-bond acceptors (Lipinski definition) is 5. The lowest BCUT2D eigenvalue weighted by atomic mass is 9.83. The van der Waals surface area contributed by atoms with Gasteiger partial charge < -0.3 is 20.2 Å². The molecule has 7 heteroatoms. The molecule has 0 bridgehead atoms. The number of rotatable bonds is 14. The molecule has 2 aromatic heterocycles. The Morgan fingerprint density at radius 2 is 1.76 bits per heavy atom. The van der Waals surface area contributed by atoms with Crippen molar-refractivity contribution in [1.82, 2.24) is 35.1 Å². The Bertz CT molecular complexity index is 1880. The highest BCUT2D eigenvalue weighted by molar-refractivity contribution is 6.06. The van der Waals surface area contributed by atoms with Gasteiger partial charge >= 0.3 is 0 Å². The summed E-state index contributed by atoms with van der Waals surface area (Å²) in [5, 5.41) is 5.88. The van der Waals surface area contributed by atoms with E-state index in [1.807, 2.05) is 6.20 Å². The number of hydrogen-bond donors (Lipinski definition) is 3. The molecule has 46 heavy (non-hydrogen) atoms. The third kappa shape index (κ3) is 6.47. The highest BCUT2D eigenvalue weighted by Crippen LogP contribution is 2.39. The molecule has 0 aliphatic heterocycles. The van der Waals surface area contributed by atoms with Crippen molar-refractivity contribution in [3.05, 3.63) is 96.0 Å². The van der Waals surface area contributed by atoms with E-state index in [1.54, 1.807) is 0 Å². The van der Waals surface area contributed by atoms with Crippen molar-refractivity contribution in [2.24, 2.45) is 0 Å². The van der Waals surface area contributed by atoms with Crippen molar-refractivity contribution in [3.8, 4) is 22.4 Å². The zero-order valence-electron chi connectivity index (χ0n) is 28.3. The Labute approximate surface area is 273 Å². The maximum atomic E-state index is 5.04. The molecule has 0 radical (unpaired) electrons. The van der Waals surface area contributed by atoms with Gasteiger partial charge in [0.25, 0.3) is 0 Å². The number of imidazole rings is 2. The molecule has 1 atom stereocenters. The molecule has 0 amide bonds. The normalized spacial score (nSPS) is 13.2. The zero-order valence-corrected chi connectivity index (χ0v) is 28.3. The van der Waals surface area contributed by atoms with Crippen LogP contribution in [0, 0.1) is 0 Å². The van der Waals surface area contributed by atoms with E-state index in [-0.39, 0.29) is 0 Å². The van der Waals surface area contributed by atoms with Crippen LogP contribution in [0.3, 0.4) is 0 Å². The Hall–Kier alpha value is -4.36. The van der Waals surface area contributed by atoms with Gasteiger partial charge in [-0.3, -0.25) is 4.90 Å². The Morgan fingerprint density at radius 1 is 0.957 bits per heavy atom. The number of aryl methyl sites for hydroxylation is 2. The lowest BCUT2D eigenvalue weighted by molar-refractivity contribution is 0.244. The summed E-state index contributed by atoms with van der Waals surface area (Å²) in [5.74, 6) is 1.98. The van der Waals surface area contributed by atoms with Crippen molar-refractivity contribution in [3.63, 3.8) is 0 Å². The molecule has 240 valence electrons. The highest BCUT2D eigenvalue weighted by atomic mass is 15.2. The molecule has 0 unspecified atom stereocenters. The molecule has 3 N–H and O–H groups in total. The minimum Gasteiger partial charge on any atom is -0.383 e. The predicted octanol–water partition coefficient (Wildman–Crippen LogP) is 8.34. The standard InChI is InChI=1S/C39H49N7/c1-8-17-45(7)23-38-42-35-16-14-30-19-33-29(20-34(30)39(35)44-38)12-11-28-18-31(13-15-32(28)33)36-22-41-37(43-36)24-46(26(5)10-3)27(6)21-40-25(4)9-2/h13-16,18-20,22,26,40H,4,6,8-12,17,21,23-24H2,1-3,5,7H3,(H,41,43)(H,42,44)/t26-/m0/s1. The summed E-state index contributed by atoms with van der Waals surface area (Å²) in [6, 6.07) is 16.4. The number of fused-ring (bicyclic) bond motifs is 6. The molecule has 6 rings (SSSR count). The molecule has 1 aliphatic carbocycles. The number of nitrogens with one attached hydrogen (secondary N) is 3. The van der Waals surface area contributed by atoms with Gasteiger partial charge in [0.15, 0.2) is 0 Å². The number of allylic oxidation sites excluding steroid dienone is 1. The van der Waals surface area contributed by atoms with E-state index in [4.69, 9.17) is 9.97 Å². The molecule has 7 nitrogen and oxygen atoms in total. The highest BCUT2D eigenvalue weighted by Gasteiger charge is 2.21.